The first-order valence-corrected chi connectivity index (χ1v) is 5.86. The summed E-state index contributed by atoms with van der Waals surface area (Å²) in [5.74, 6) is 0.239. The van der Waals surface area contributed by atoms with Crippen LogP contribution in [0.5, 0.6) is 5.75 Å². The number of hydrogen-bond donors (Lipinski definition) is 2. The maximum atomic E-state index is 10.8. The van der Waals surface area contributed by atoms with Gasteiger partial charge in [0.25, 0.3) is 0 Å². The van der Waals surface area contributed by atoms with E-state index >= 15 is 0 Å². The number of aromatic hydroxyl groups is 1. The number of benzene rings is 1. The third kappa shape index (κ3) is 2.91. The van der Waals surface area contributed by atoms with Crippen molar-refractivity contribution < 1.29 is 9.90 Å². The molecular formula is C14H16N2O2. The molecule has 0 aliphatic carbocycles. The zero-order valence-electron chi connectivity index (χ0n) is 10.3. The monoisotopic (exact) mass is 244 g/mol. The van der Waals surface area contributed by atoms with E-state index in [4.69, 9.17) is 0 Å². The Balaban J connectivity index is 2.12. The minimum absolute atomic E-state index is 0.0201. The molecular weight excluding hydrogens is 228 g/mol. The lowest BCUT2D eigenvalue weighted by atomic mass is 10.1. The highest BCUT2D eigenvalue weighted by molar-refractivity contribution is 5.72. The SMILES string of the molecule is CC(=O)NCCn1cccc1-c1ccc(O)cc1. The van der Waals surface area contributed by atoms with Gasteiger partial charge in [-0.05, 0) is 42.0 Å². The largest absolute Gasteiger partial charge is 0.508 e. The van der Waals surface area contributed by atoms with Crippen LogP contribution in [0.1, 0.15) is 6.92 Å². The Labute approximate surface area is 106 Å². The average molecular weight is 244 g/mol. The van der Waals surface area contributed by atoms with Gasteiger partial charge in [-0.1, -0.05) is 0 Å². The van der Waals surface area contributed by atoms with Crippen LogP contribution in [-0.4, -0.2) is 22.1 Å². The van der Waals surface area contributed by atoms with Gasteiger partial charge in [-0.15, -0.1) is 0 Å². The number of amides is 1. The van der Waals surface area contributed by atoms with E-state index in [9.17, 15) is 9.90 Å². The fraction of sp³-hybridized carbons (Fsp3) is 0.214. The van der Waals surface area contributed by atoms with E-state index in [0.29, 0.717) is 6.54 Å². The number of nitrogens with zero attached hydrogens (tertiary/aromatic N) is 1. The molecule has 0 saturated carbocycles. The summed E-state index contributed by atoms with van der Waals surface area (Å²) in [7, 11) is 0. The van der Waals surface area contributed by atoms with Gasteiger partial charge < -0.3 is 15.0 Å². The number of phenols is 1. The zero-order valence-corrected chi connectivity index (χ0v) is 10.3. The van der Waals surface area contributed by atoms with Crippen molar-refractivity contribution in [2.24, 2.45) is 0 Å². The second-order valence-electron chi connectivity index (χ2n) is 4.12. The van der Waals surface area contributed by atoms with E-state index in [0.717, 1.165) is 17.8 Å². The number of carbonyl (C=O) groups excluding carboxylic acids is 1. The van der Waals surface area contributed by atoms with E-state index in [-0.39, 0.29) is 11.7 Å². The molecule has 2 rings (SSSR count). The van der Waals surface area contributed by atoms with Crippen molar-refractivity contribution in [1.82, 2.24) is 9.88 Å². The molecule has 0 aliphatic heterocycles. The topological polar surface area (TPSA) is 54.3 Å². The molecule has 1 amide bonds. The van der Waals surface area contributed by atoms with Gasteiger partial charge in [-0.3, -0.25) is 4.79 Å². The average Bonchev–Trinajstić information content (AvgIpc) is 2.78. The van der Waals surface area contributed by atoms with Gasteiger partial charge in [-0.2, -0.15) is 0 Å². The van der Waals surface area contributed by atoms with Crippen molar-refractivity contribution in [3.05, 3.63) is 42.6 Å². The molecule has 0 aliphatic rings. The second-order valence-corrected chi connectivity index (χ2v) is 4.12. The molecule has 94 valence electrons. The molecule has 4 heteroatoms. The van der Waals surface area contributed by atoms with Crippen LogP contribution in [0.25, 0.3) is 11.3 Å². The smallest absolute Gasteiger partial charge is 0.216 e. The van der Waals surface area contributed by atoms with E-state index in [1.165, 1.54) is 6.92 Å². The summed E-state index contributed by atoms with van der Waals surface area (Å²) in [5, 5.41) is 12.0. The van der Waals surface area contributed by atoms with Crippen LogP contribution in [0.4, 0.5) is 0 Å². The molecule has 1 heterocycles. The number of phenolic OH excluding ortho intramolecular Hbond substituents is 1. The minimum atomic E-state index is -0.0201. The van der Waals surface area contributed by atoms with Gasteiger partial charge in [0, 0.05) is 31.9 Å². The summed E-state index contributed by atoms with van der Waals surface area (Å²) in [6.45, 7) is 2.84. The van der Waals surface area contributed by atoms with Gasteiger partial charge in [0.1, 0.15) is 5.75 Å². The fourth-order valence-electron chi connectivity index (χ4n) is 1.86. The highest BCUT2D eigenvalue weighted by Crippen LogP contribution is 2.22. The lowest BCUT2D eigenvalue weighted by Gasteiger charge is -2.09. The predicted molar refractivity (Wildman–Crippen MR) is 70.2 cm³/mol. The second kappa shape index (κ2) is 5.40. The molecule has 0 saturated heterocycles. The number of carbonyl (C=O) groups is 1. The highest BCUT2D eigenvalue weighted by Gasteiger charge is 2.03. The van der Waals surface area contributed by atoms with Crippen molar-refractivity contribution in [3.63, 3.8) is 0 Å². The number of rotatable bonds is 4. The van der Waals surface area contributed by atoms with E-state index < -0.39 is 0 Å². The lowest BCUT2D eigenvalue weighted by molar-refractivity contribution is -0.118. The summed E-state index contributed by atoms with van der Waals surface area (Å²) in [5.41, 5.74) is 2.11. The minimum Gasteiger partial charge on any atom is -0.508 e. The van der Waals surface area contributed by atoms with Gasteiger partial charge in [-0.25, -0.2) is 0 Å². The Morgan fingerprint density at radius 2 is 2.00 bits per heavy atom. The van der Waals surface area contributed by atoms with Crippen molar-refractivity contribution in [2.75, 3.05) is 6.54 Å². The van der Waals surface area contributed by atoms with Crippen molar-refractivity contribution in [1.29, 1.82) is 0 Å². The summed E-state index contributed by atoms with van der Waals surface area (Å²) < 4.78 is 2.07. The quantitative estimate of drug-likeness (QED) is 0.864. The Hall–Kier alpha value is -2.23. The Morgan fingerprint density at radius 3 is 2.67 bits per heavy atom. The first-order valence-electron chi connectivity index (χ1n) is 5.86. The van der Waals surface area contributed by atoms with Crippen LogP contribution in [-0.2, 0) is 11.3 Å². The third-order valence-electron chi connectivity index (χ3n) is 2.72. The molecule has 1 aromatic carbocycles. The molecule has 0 unspecified atom stereocenters. The zero-order chi connectivity index (χ0) is 13.0. The predicted octanol–water partition coefficient (Wildman–Crippen LogP) is 2.00. The molecule has 0 radical (unpaired) electrons. The standard InChI is InChI=1S/C14H16N2O2/c1-11(17)15-8-10-16-9-2-3-14(16)12-4-6-13(18)7-5-12/h2-7,9,18H,8,10H2,1H3,(H,15,17). The molecule has 2 N–H and O–H groups in total. The van der Waals surface area contributed by atoms with Gasteiger partial charge in [0.2, 0.25) is 5.91 Å². The number of nitrogens with one attached hydrogen (secondary N) is 1. The number of aromatic nitrogens is 1. The maximum Gasteiger partial charge on any atom is 0.216 e. The van der Waals surface area contributed by atoms with Crippen LogP contribution < -0.4 is 5.32 Å². The molecule has 0 atom stereocenters. The molecule has 2 aromatic rings. The van der Waals surface area contributed by atoms with Crippen molar-refractivity contribution in [3.8, 4) is 17.0 Å². The molecule has 0 fully saturated rings. The molecule has 0 bridgehead atoms. The van der Waals surface area contributed by atoms with Gasteiger partial charge >= 0.3 is 0 Å². The third-order valence-corrected chi connectivity index (χ3v) is 2.72. The first kappa shape index (κ1) is 12.2. The normalized spacial score (nSPS) is 10.3. The van der Waals surface area contributed by atoms with Crippen LogP contribution in [0, 0.1) is 0 Å². The molecule has 18 heavy (non-hydrogen) atoms. The van der Waals surface area contributed by atoms with Gasteiger partial charge in [0.15, 0.2) is 0 Å². The Kier molecular flexibility index (Phi) is 3.67. The van der Waals surface area contributed by atoms with E-state index in [1.54, 1.807) is 12.1 Å². The van der Waals surface area contributed by atoms with Crippen LogP contribution in [0.2, 0.25) is 0 Å². The van der Waals surface area contributed by atoms with Crippen LogP contribution in [0.15, 0.2) is 42.6 Å². The molecule has 0 spiro atoms. The highest BCUT2D eigenvalue weighted by atomic mass is 16.3. The molecule has 4 nitrogen and oxygen atoms in total. The van der Waals surface area contributed by atoms with Crippen LogP contribution in [0.3, 0.4) is 0 Å². The summed E-state index contributed by atoms with van der Waals surface area (Å²) in [4.78, 5) is 10.8. The van der Waals surface area contributed by atoms with Crippen molar-refractivity contribution in [2.45, 2.75) is 13.5 Å². The lowest BCUT2D eigenvalue weighted by Crippen LogP contribution is -2.24. The van der Waals surface area contributed by atoms with Crippen LogP contribution >= 0.6 is 0 Å². The maximum absolute atomic E-state index is 10.8. The van der Waals surface area contributed by atoms with E-state index in [1.807, 2.05) is 30.5 Å². The van der Waals surface area contributed by atoms with Gasteiger partial charge in [0.05, 0.1) is 0 Å². The Bertz CT molecular complexity index is 529. The summed E-state index contributed by atoms with van der Waals surface area (Å²) in [6.07, 6.45) is 1.98. The molecule has 1 aromatic heterocycles. The first-order chi connectivity index (χ1) is 8.66. The van der Waals surface area contributed by atoms with E-state index in [2.05, 4.69) is 9.88 Å². The number of hydrogen-bond acceptors (Lipinski definition) is 2. The fourth-order valence-corrected chi connectivity index (χ4v) is 1.86. The Morgan fingerprint density at radius 1 is 1.28 bits per heavy atom. The van der Waals surface area contributed by atoms with Crippen molar-refractivity contribution >= 4 is 5.91 Å². The summed E-state index contributed by atoms with van der Waals surface area (Å²) in [6, 6.07) is 11.1. The summed E-state index contributed by atoms with van der Waals surface area (Å²) >= 11 is 0.